The number of likely N-dealkylation sites (N-methyl/N-ethyl adjacent to an activating group) is 1. The molecule has 0 saturated carbocycles. The monoisotopic (exact) mass is 1190 g/mol. The summed E-state index contributed by atoms with van der Waals surface area (Å²) in [6.07, 6.45) is 78.7. The number of carbonyl (C=O) groups is 2. The first kappa shape index (κ1) is 81.2. The quantitative estimate of drug-likeness (QED) is 0.0205. The average Bonchev–Trinajstić information content (AvgIpc) is 3.47. The van der Waals surface area contributed by atoms with Crippen LogP contribution >= 0.6 is 7.82 Å². The second-order valence-corrected chi connectivity index (χ2v) is 27.6. The van der Waals surface area contributed by atoms with Gasteiger partial charge in [-0.05, 0) is 63.9 Å². The van der Waals surface area contributed by atoms with Crippen LogP contribution in [0.2, 0.25) is 0 Å². The number of rotatable bonds is 67. The largest absolute Gasteiger partial charge is 0.472 e. The van der Waals surface area contributed by atoms with Gasteiger partial charge in [-0.2, -0.15) is 0 Å². The Kier molecular flexibility index (Phi) is 61.9. The summed E-state index contributed by atoms with van der Waals surface area (Å²) in [5, 5.41) is 3.08. The van der Waals surface area contributed by atoms with Crippen LogP contribution in [0, 0.1) is 0 Å². The first-order valence-electron chi connectivity index (χ1n) is 36.3. The highest BCUT2D eigenvalue weighted by molar-refractivity contribution is 7.47. The summed E-state index contributed by atoms with van der Waals surface area (Å²) < 4.78 is 30.9. The maximum absolute atomic E-state index is 13.6. The summed E-state index contributed by atoms with van der Waals surface area (Å²) in [5.74, 6) is -0.482. The van der Waals surface area contributed by atoms with Crippen molar-refractivity contribution in [3.8, 4) is 0 Å². The van der Waals surface area contributed by atoms with E-state index in [2.05, 4.69) is 56.5 Å². The zero-order valence-corrected chi connectivity index (χ0v) is 57.1. The average molecular weight is 1190 g/mol. The van der Waals surface area contributed by atoms with E-state index in [-0.39, 0.29) is 25.1 Å². The van der Waals surface area contributed by atoms with Crippen LogP contribution in [0.5, 0.6) is 0 Å². The lowest BCUT2D eigenvalue weighted by atomic mass is 10.0. The number of nitrogens with zero attached hydrogens (tertiary/aromatic N) is 1. The van der Waals surface area contributed by atoms with Crippen molar-refractivity contribution in [2.75, 3.05) is 40.9 Å². The maximum Gasteiger partial charge on any atom is 0.472 e. The van der Waals surface area contributed by atoms with E-state index in [1.54, 1.807) is 0 Å². The van der Waals surface area contributed by atoms with E-state index in [1.807, 2.05) is 27.2 Å². The normalized spacial score (nSPS) is 13.7. The summed E-state index contributed by atoms with van der Waals surface area (Å²) in [7, 11) is 1.52. The molecule has 0 aliphatic carbocycles. The first-order chi connectivity index (χ1) is 40.4. The Hall–Kier alpha value is -1.77. The van der Waals surface area contributed by atoms with Crippen molar-refractivity contribution in [2.24, 2.45) is 0 Å². The topological polar surface area (TPSA) is 111 Å². The molecule has 2 N–H and O–H groups in total. The van der Waals surface area contributed by atoms with Crippen LogP contribution in [0.25, 0.3) is 0 Å². The lowest BCUT2D eigenvalue weighted by molar-refractivity contribution is -0.870. The van der Waals surface area contributed by atoms with Crippen LogP contribution in [0.1, 0.15) is 367 Å². The summed E-state index contributed by atoms with van der Waals surface area (Å²) in [6.45, 7) is 7.06. The lowest BCUT2D eigenvalue weighted by Gasteiger charge is -2.27. The molecule has 0 radical (unpaired) electrons. The number of ether oxygens (including phenoxy) is 1. The van der Waals surface area contributed by atoms with Crippen molar-refractivity contribution in [3.05, 3.63) is 36.5 Å². The highest BCUT2D eigenvalue weighted by Gasteiger charge is 2.30. The molecule has 0 aliphatic heterocycles. The maximum atomic E-state index is 13.6. The number of phosphoric ester groups is 1. The molecule has 0 fully saturated rings. The van der Waals surface area contributed by atoms with Gasteiger partial charge in [0.15, 0.2) is 0 Å². The Labute approximate surface area is 516 Å². The van der Waals surface area contributed by atoms with Crippen molar-refractivity contribution >= 4 is 19.7 Å². The molecule has 3 atom stereocenters. The van der Waals surface area contributed by atoms with Crippen LogP contribution < -0.4 is 5.32 Å². The van der Waals surface area contributed by atoms with E-state index in [0.717, 1.165) is 64.2 Å². The van der Waals surface area contributed by atoms with Gasteiger partial charge < -0.3 is 19.4 Å². The van der Waals surface area contributed by atoms with Crippen LogP contribution in [0.4, 0.5) is 0 Å². The van der Waals surface area contributed by atoms with Gasteiger partial charge >= 0.3 is 13.8 Å². The predicted molar refractivity (Wildman–Crippen MR) is 360 cm³/mol. The number of esters is 1. The molecular weight excluding hydrogens is 1050 g/mol. The Bertz CT molecular complexity index is 1510. The third-order valence-corrected chi connectivity index (χ3v) is 17.6. The molecule has 3 unspecified atom stereocenters. The number of unbranched alkanes of at least 4 members (excludes halogenated alkanes) is 47. The fourth-order valence-electron chi connectivity index (χ4n) is 11.0. The van der Waals surface area contributed by atoms with Gasteiger partial charge in [0.05, 0.1) is 33.8 Å². The van der Waals surface area contributed by atoms with Crippen LogP contribution in [-0.4, -0.2) is 74.3 Å². The predicted octanol–water partition coefficient (Wildman–Crippen LogP) is 23.0. The second-order valence-electron chi connectivity index (χ2n) is 26.1. The van der Waals surface area contributed by atoms with E-state index >= 15 is 0 Å². The van der Waals surface area contributed by atoms with Gasteiger partial charge in [0, 0.05) is 12.8 Å². The molecule has 490 valence electrons. The minimum absolute atomic E-state index is 0.0440. The molecule has 1 amide bonds. The first-order valence-corrected chi connectivity index (χ1v) is 37.8. The van der Waals surface area contributed by atoms with Gasteiger partial charge in [0.2, 0.25) is 5.91 Å². The van der Waals surface area contributed by atoms with E-state index in [1.165, 1.54) is 270 Å². The van der Waals surface area contributed by atoms with Crippen LogP contribution in [0.15, 0.2) is 36.5 Å². The van der Waals surface area contributed by atoms with Crippen molar-refractivity contribution in [1.29, 1.82) is 0 Å². The Morgan fingerprint density at radius 2 is 0.735 bits per heavy atom. The van der Waals surface area contributed by atoms with E-state index in [0.29, 0.717) is 23.9 Å². The molecule has 0 aromatic heterocycles. The molecule has 0 aromatic carbocycles. The number of carbonyl (C=O) groups excluding carboxylic acids is 2. The molecule has 0 saturated heterocycles. The standard InChI is InChI=1S/C73H141N2O7P/c1-7-10-13-16-19-22-25-28-30-32-33-34-35-36-37-38-39-40-41-43-44-47-50-53-56-59-62-65-72(76)74-70(69-81-83(78,79)80-68-67-75(4,5)6)71(64-61-58-55-52-49-46-27-24-21-18-15-12-9-3)82-73(77)66-63-60-57-54-51-48-45-42-31-29-26-23-20-17-14-11-8-2/h19,22,28,30,61,64,70-71H,7-18,20-21,23-27,29,31-60,62-63,65-69H2,1-6H3,(H-,74,76,78,79)/p+1/b22-19-,30-28-,64-61-. The zero-order valence-electron chi connectivity index (χ0n) is 56.2. The van der Waals surface area contributed by atoms with Crippen molar-refractivity contribution in [3.63, 3.8) is 0 Å². The number of phosphoric acid groups is 1. The van der Waals surface area contributed by atoms with Gasteiger partial charge in [-0.25, -0.2) is 4.57 Å². The van der Waals surface area contributed by atoms with Gasteiger partial charge in [0.1, 0.15) is 19.3 Å². The molecule has 0 aromatic rings. The smallest absolute Gasteiger partial charge is 0.456 e. The highest BCUT2D eigenvalue weighted by atomic mass is 31.2. The van der Waals surface area contributed by atoms with Crippen molar-refractivity contribution < 1.29 is 37.3 Å². The van der Waals surface area contributed by atoms with Gasteiger partial charge in [0.25, 0.3) is 0 Å². The minimum atomic E-state index is -4.45. The zero-order chi connectivity index (χ0) is 60.7. The number of amides is 1. The van der Waals surface area contributed by atoms with Crippen LogP contribution in [-0.2, 0) is 27.9 Å². The fraction of sp³-hybridized carbons (Fsp3) is 0.890. The van der Waals surface area contributed by atoms with Gasteiger partial charge in [-0.15, -0.1) is 0 Å². The van der Waals surface area contributed by atoms with Crippen LogP contribution in [0.3, 0.4) is 0 Å². The molecule has 0 bridgehead atoms. The summed E-state index contributed by atoms with van der Waals surface area (Å²) >= 11 is 0. The van der Waals surface area contributed by atoms with E-state index in [9.17, 15) is 19.0 Å². The van der Waals surface area contributed by atoms with E-state index < -0.39 is 20.0 Å². The number of hydrogen-bond acceptors (Lipinski definition) is 6. The van der Waals surface area contributed by atoms with E-state index in [4.69, 9.17) is 13.8 Å². The van der Waals surface area contributed by atoms with Crippen molar-refractivity contribution in [1.82, 2.24) is 5.32 Å². The van der Waals surface area contributed by atoms with Crippen molar-refractivity contribution in [2.45, 2.75) is 380 Å². The number of quaternary nitrogens is 1. The molecule has 10 heteroatoms. The summed E-state index contributed by atoms with van der Waals surface area (Å²) in [6, 6.07) is -0.844. The molecule has 9 nitrogen and oxygen atoms in total. The SMILES string of the molecule is CCCCC/C=C\C/C=C\CCCCCCCCCCCCCCCCCCCC(=O)NC(COP(=O)(O)OCC[N+](C)(C)C)C(/C=C\CCCCCCCCCCCCC)OC(=O)CCCCCCCCCCCCCCCCCCC. The third-order valence-electron chi connectivity index (χ3n) is 16.6. The Morgan fingerprint density at radius 3 is 1.11 bits per heavy atom. The fourth-order valence-corrected chi connectivity index (χ4v) is 11.7. The number of allylic oxidation sites excluding steroid dienone is 5. The van der Waals surface area contributed by atoms with Gasteiger partial charge in [-0.3, -0.25) is 18.6 Å². The molecule has 0 heterocycles. The van der Waals surface area contributed by atoms with Gasteiger partial charge in [-0.1, -0.05) is 327 Å². The molecule has 0 spiro atoms. The number of nitrogens with one attached hydrogen (secondary N) is 1. The molecule has 0 aliphatic rings. The molecule has 0 rings (SSSR count). The molecular formula is C73H142N2O7P+. The molecule has 83 heavy (non-hydrogen) atoms. The lowest BCUT2D eigenvalue weighted by Crippen LogP contribution is -2.47. The summed E-state index contributed by atoms with van der Waals surface area (Å²) in [4.78, 5) is 37.9. The second kappa shape index (κ2) is 63.3. The highest BCUT2D eigenvalue weighted by Crippen LogP contribution is 2.43. The number of hydrogen-bond donors (Lipinski definition) is 2. The summed E-state index contributed by atoms with van der Waals surface area (Å²) in [5.41, 5.74) is 0. The third kappa shape index (κ3) is 64.5. The Morgan fingerprint density at radius 1 is 0.422 bits per heavy atom. The Balaban J connectivity index is 4.99. The minimum Gasteiger partial charge on any atom is -0.456 e.